The number of rotatable bonds is 7. The van der Waals surface area contributed by atoms with E-state index in [4.69, 9.17) is 26.2 Å². The van der Waals surface area contributed by atoms with Crippen LogP contribution in [0.25, 0.3) is 0 Å². The molecule has 2 aliphatic rings. The standard InChI is InChI=1S/C28H27ClN2O3/c1-33-23-13-8-21(9-14-23)28-25-15-10-20-4-2-3-5-24(20)27(25)30-31(28)16-17-34-26(32)18-19-6-11-22(29)12-7-19/h2-9,11-14,25,28H,10,15-18H2,1H3. The van der Waals surface area contributed by atoms with E-state index in [1.807, 2.05) is 24.3 Å². The van der Waals surface area contributed by atoms with E-state index in [-0.39, 0.29) is 25.0 Å². The minimum atomic E-state index is -0.252. The molecule has 0 amide bonds. The van der Waals surface area contributed by atoms with Crippen LogP contribution < -0.4 is 4.74 Å². The molecule has 2 atom stereocenters. The van der Waals surface area contributed by atoms with Crippen molar-refractivity contribution in [2.24, 2.45) is 11.0 Å². The number of nitrogens with zero attached hydrogens (tertiary/aromatic N) is 2. The molecule has 3 aromatic rings. The topological polar surface area (TPSA) is 51.1 Å². The molecule has 5 nitrogen and oxygen atoms in total. The zero-order valence-electron chi connectivity index (χ0n) is 19.1. The SMILES string of the molecule is COc1ccc(C2C3CCc4ccccc4C3=NN2CCOC(=O)Cc2ccc(Cl)cc2)cc1. The molecule has 3 aromatic carbocycles. The van der Waals surface area contributed by atoms with Gasteiger partial charge in [0.05, 0.1) is 31.8 Å². The van der Waals surface area contributed by atoms with Gasteiger partial charge in [-0.2, -0.15) is 5.10 Å². The summed E-state index contributed by atoms with van der Waals surface area (Å²) in [6.07, 6.45) is 2.30. The summed E-state index contributed by atoms with van der Waals surface area (Å²) in [6, 6.07) is 24.1. The number of aryl methyl sites for hydroxylation is 1. The quantitative estimate of drug-likeness (QED) is 0.427. The van der Waals surface area contributed by atoms with Crippen molar-refractivity contribution in [2.45, 2.75) is 25.3 Å². The molecule has 0 radical (unpaired) electrons. The summed E-state index contributed by atoms with van der Waals surface area (Å²) in [6.45, 7) is 0.815. The highest BCUT2D eigenvalue weighted by Crippen LogP contribution is 2.43. The molecule has 34 heavy (non-hydrogen) atoms. The second kappa shape index (κ2) is 9.90. The maximum Gasteiger partial charge on any atom is 0.310 e. The maximum absolute atomic E-state index is 12.4. The van der Waals surface area contributed by atoms with Crippen LogP contribution in [0.2, 0.25) is 5.02 Å². The van der Waals surface area contributed by atoms with Gasteiger partial charge in [-0.3, -0.25) is 9.80 Å². The van der Waals surface area contributed by atoms with Gasteiger partial charge in [0.1, 0.15) is 12.4 Å². The lowest BCUT2D eigenvalue weighted by atomic mass is 9.77. The summed E-state index contributed by atoms with van der Waals surface area (Å²) in [4.78, 5) is 12.4. The highest BCUT2D eigenvalue weighted by molar-refractivity contribution is 6.30. The third kappa shape index (κ3) is 4.66. The predicted molar refractivity (Wildman–Crippen MR) is 133 cm³/mol. The molecule has 0 N–H and O–H groups in total. The van der Waals surface area contributed by atoms with Gasteiger partial charge in [-0.15, -0.1) is 0 Å². The van der Waals surface area contributed by atoms with Crippen molar-refractivity contribution in [1.29, 1.82) is 0 Å². The van der Waals surface area contributed by atoms with Crippen LogP contribution in [0.4, 0.5) is 0 Å². The van der Waals surface area contributed by atoms with Gasteiger partial charge in [-0.05, 0) is 53.8 Å². The molecule has 1 aliphatic carbocycles. The number of hydrogen-bond donors (Lipinski definition) is 0. The van der Waals surface area contributed by atoms with Crippen molar-refractivity contribution in [3.63, 3.8) is 0 Å². The fourth-order valence-electron chi connectivity index (χ4n) is 4.95. The summed E-state index contributed by atoms with van der Waals surface area (Å²) in [5.74, 6) is 0.880. The van der Waals surface area contributed by atoms with Crippen LogP contribution in [0.15, 0.2) is 77.9 Å². The number of fused-ring (bicyclic) bond motifs is 3. The summed E-state index contributed by atoms with van der Waals surface area (Å²) >= 11 is 5.93. The van der Waals surface area contributed by atoms with Crippen LogP contribution in [0, 0.1) is 5.92 Å². The average Bonchev–Trinajstić information content (AvgIpc) is 3.24. The van der Waals surface area contributed by atoms with Crippen molar-refractivity contribution in [3.8, 4) is 5.75 Å². The first-order chi connectivity index (χ1) is 16.6. The second-order valence-electron chi connectivity index (χ2n) is 8.69. The van der Waals surface area contributed by atoms with Gasteiger partial charge in [-0.1, -0.05) is 60.1 Å². The normalized spacial score (nSPS) is 18.6. The lowest BCUT2D eigenvalue weighted by Gasteiger charge is -2.30. The summed E-state index contributed by atoms with van der Waals surface area (Å²) < 4.78 is 10.9. The Kier molecular flexibility index (Phi) is 6.54. The third-order valence-electron chi connectivity index (χ3n) is 6.61. The van der Waals surface area contributed by atoms with Crippen LogP contribution in [0.3, 0.4) is 0 Å². The third-order valence-corrected chi connectivity index (χ3v) is 6.86. The molecule has 1 heterocycles. The molecule has 6 heteroatoms. The van der Waals surface area contributed by atoms with E-state index in [1.165, 1.54) is 16.7 Å². The van der Waals surface area contributed by atoms with E-state index in [0.29, 0.717) is 17.5 Å². The van der Waals surface area contributed by atoms with Gasteiger partial charge in [0, 0.05) is 16.5 Å². The first-order valence-electron chi connectivity index (χ1n) is 11.6. The van der Waals surface area contributed by atoms with Crippen molar-refractivity contribution >= 4 is 23.3 Å². The molecule has 0 bridgehead atoms. The van der Waals surface area contributed by atoms with Crippen LogP contribution >= 0.6 is 11.6 Å². The average molecular weight is 475 g/mol. The van der Waals surface area contributed by atoms with Gasteiger partial charge in [0.25, 0.3) is 0 Å². The molecule has 0 fully saturated rings. The lowest BCUT2D eigenvalue weighted by molar-refractivity contribution is -0.143. The number of hydrogen-bond acceptors (Lipinski definition) is 5. The Bertz CT molecular complexity index is 1190. The number of esters is 1. The van der Waals surface area contributed by atoms with Gasteiger partial charge in [0.2, 0.25) is 0 Å². The minimum absolute atomic E-state index is 0.101. The largest absolute Gasteiger partial charge is 0.497 e. The number of methoxy groups -OCH3 is 1. The van der Waals surface area contributed by atoms with E-state index >= 15 is 0 Å². The zero-order chi connectivity index (χ0) is 23.5. The molecular formula is C28H27ClN2O3. The molecule has 5 rings (SSSR count). The first kappa shape index (κ1) is 22.5. The van der Waals surface area contributed by atoms with Gasteiger partial charge in [0.15, 0.2) is 0 Å². The Balaban J connectivity index is 1.32. The Morgan fingerprint density at radius 1 is 1.06 bits per heavy atom. The molecule has 174 valence electrons. The number of halogens is 1. The number of carbonyl (C=O) groups is 1. The second-order valence-corrected chi connectivity index (χ2v) is 9.13. The van der Waals surface area contributed by atoms with E-state index in [1.54, 1.807) is 19.2 Å². The fourth-order valence-corrected chi connectivity index (χ4v) is 5.07. The van der Waals surface area contributed by atoms with E-state index in [9.17, 15) is 4.79 Å². The van der Waals surface area contributed by atoms with Gasteiger partial charge in [-0.25, -0.2) is 0 Å². The molecule has 0 saturated carbocycles. The molecule has 1 aliphatic heterocycles. The van der Waals surface area contributed by atoms with Crippen LogP contribution in [0.1, 0.15) is 34.7 Å². The Hall–Kier alpha value is -3.31. The van der Waals surface area contributed by atoms with Gasteiger partial charge < -0.3 is 9.47 Å². The summed E-state index contributed by atoms with van der Waals surface area (Å²) in [5.41, 5.74) is 5.79. The molecule has 0 saturated heterocycles. The zero-order valence-corrected chi connectivity index (χ0v) is 19.9. The maximum atomic E-state index is 12.4. The van der Waals surface area contributed by atoms with E-state index < -0.39 is 0 Å². The van der Waals surface area contributed by atoms with Crippen molar-refractivity contribution in [1.82, 2.24) is 5.01 Å². The summed E-state index contributed by atoms with van der Waals surface area (Å²) in [5, 5.41) is 7.80. The number of ether oxygens (including phenoxy) is 2. The fraction of sp³-hybridized carbons (Fsp3) is 0.286. The van der Waals surface area contributed by atoms with Crippen molar-refractivity contribution < 1.29 is 14.3 Å². The lowest BCUT2D eigenvalue weighted by Crippen LogP contribution is -2.31. The molecular weight excluding hydrogens is 448 g/mol. The van der Waals surface area contributed by atoms with Crippen LogP contribution in [0.5, 0.6) is 5.75 Å². The van der Waals surface area contributed by atoms with Gasteiger partial charge >= 0.3 is 5.97 Å². The predicted octanol–water partition coefficient (Wildman–Crippen LogP) is 5.46. The Morgan fingerprint density at radius 2 is 1.82 bits per heavy atom. The van der Waals surface area contributed by atoms with Crippen LogP contribution in [-0.4, -0.2) is 37.0 Å². The number of hydrazone groups is 1. The molecule has 0 spiro atoms. The number of carbonyl (C=O) groups excluding carboxylic acids is 1. The smallest absolute Gasteiger partial charge is 0.310 e. The Morgan fingerprint density at radius 3 is 2.59 bits per heavy atom. The van der Waals surface area contributed by atoms with E-state index in [2.05, 4.69) is 41.4 Å². The summed E-state index contributed by atoms with van der Waals surface area (Å²) in [7, 11) is 1.68. The molecule has 2 unspecified atom stereocenters. The van der Waals surface area contributed by atoms with Crippen molar-refractivity contribution in [3.05, 3.63) is 100 Å². The highest BCUT2D eigenvalue weighted by atomic mass is 35.5. The minimum Gasteiger partial charge on any atom is -0.497 e. The van der Waals surface area contributed by atoms with E-state index in [0.717, 1.165) is 29.9 Å². The van der Waals surface area contributed by atoms with Crippen LogP contribution in [-0.2, 0) is 22.4 Å². The monoisotopic (exact) mass is 474 g/mol. The highest BCUT2D eigenvalue weighted by Gasteiger charge is 2.41. The Labute approximate surface area is 205 Å². The molecule has 0 aromatic heterocycles. The van der Waals surface area contributed by atoms with Crippen molar-refractivity contribution in [2.75, 3.05) is 20.3 Å². The first-order valence-corrected chi connectivity index (χ1v) is 12.0. The number of benzene rings is 3.